The summed E-state index contributed by atoms with van der Waals surface area (Å²) in [5, 5.41) is 3.68. The van der Waals surface area contributed by atoms with Crippen molar-refractivity contribution in [3.8, 4) is 17.2 Å². The van der Waals surface area contributed by atoms with Crippen LogP contribution in [-0.4, -0.2) is 31.4 Å². The summed E-state index contributed by atoms with van der Waals surface area (Å²) in [5.74, 6) is 0.441. The minimum atomic E-state index is -4.55. The molecule has 3 aromatic rings. The van der Waals surface area contributed by atoms with E-state index in [2.05, 4.69) is 15.5 Å². The smallest absolute Gasteiger partial charge is 0.417 e. The largest absolute Gasteiger partial charge is 0.497 e. The molecule has 1 aromatic heterocycles. The van der Waals surface area contributed by atoms with Crippen LogP contribution < -0.4 is 19.6 Å². The number of rotatable bonds is 7. The molecular formula is C22H17ClF3N3O4. The first kappa shape index (κ1) is 23.9. The van der Waals surface area contributed by atoms with Crippen LogP contribution in [0.1, 0.15) is 21.5 Å². The molecule has 33 heavy (non-hydrogen) atoms. The highest BCUT2D eigenvalue weighted by molar-refractivity contribution is 6.33. The summed E-state index contributed by atoms with van der Waals surface area (Å²) in [5.41, 5.74) is 2.39. The van der Waals surface area contributed by atoms with Gasteiger partial charge in [-0.2, -0.15) is 18.3 Å². The number of hydrogen-bond acceptors (Lipinski definition) is 7. The number of nitrogens with one attached hydrogen (secondary N) is 1. The molecule has 0 bridgehead atoms. The topological polar surface area (TPSA) is 82.0 Å². The van der Waals surface area contributed by atoms with Crippen molar-refractivity contribution in [3.63, 3.8) is 0 Å². The molecule has 1 heterocycles. The molecule has 11 heteroatoms. The highest BCUT2D eigenvalue weighted by atomic mass is 35.5. The number of carbonyl (C=O) groups excluding carboxylic acids is 1. The number of esters is 1. The van der Waals surface area contributed by atoms with Gasteiger partial charge in [-0.15, -0.1) is 0 Å². The summed E-state index contributed by atoms with van der Waals surface area (Å²) in [4.78, 5) is 16.0. The van der Waals surface area contributed by atoms with Crippen LogP contribution in [0.3, 0.4) is 0 Å². The summed E-state index contributed by atoms with van der Waals surface area (Å²) in [7, 11) is 2.93. The van der Waals surface area contributed by atoms with E-state index in [9.17, 15) is 18.0 Å². The third-order valence-electron chi connectivity index (χ3n) is 4.27. The van der Waals surface area contributed by atoms with Gasteiger partial charge in [0.2, 0.25) is 0 Å². The first-order valence-corrected chi connectivity index (χ1v) is 9.65. The monoisotopic (exact) mass is 479 g/mol. The normalized spacial score (nSPS) is 11.3. The van der Waals surface area contributed by atoms with Crippen LogP contribution in [-0.2, 0) is 6.18 Å². The molecule has 1 N–H and O–H groups in total. The van der Waals surface area contributed by atoms with Crippen molar-refractivity contribution in [2.75, 3.05) is 19.6 Å². The maximum Gasteiger partial charge on any atom is 0.417 e. The Balaban J connectivity index is 1.69. The van der Waals surface area contributed by atoms with Gasteiger partial charge in [-0.3, -0.25) is 5.43 Å². The Morgan fingerprint density at radius 1 is 1.06 bits per heavy atom. The van der Waals surface area contributed by atoms with Gasteiger partial charge < -0.3 is 14.2 Å². The number of hydrazone groups is 1. The summed E-state index contributed by atoms with van der Waals surface area (Å²) < 4.78 is 53.8. The number of alkyl halides is 3. The molecule has 0 unspecified atom stereocenters. The van der Waals surface area contributed by atoms with E-state index in [1.807, 2.05) is 0 Å². The average Bonchev–Trinajstić information content (AvgIpc) is 2.80. The molecule has 0 saturated carbocycles. The van der Waals surface area contributed by atoms with Gasteiger partial charge in [-0.25, -0.2) is 9.78 Å². The van der Waals surface area contributed by atoms with E-state index in [1.54, 1.807) is 36.4 Å². The lowest BCUT2D eigenvalue weighted by Gasteiger charge is -2.10. The van der Waals surface area contributed by atoms with Crippen LogP contribution in [0.2, 0.25) is 5.02 Å². The van der Waals surface area contributed by atoms with E-state index in [0.29, 0.717) is 23.1 Å². The molecular weight excluding hydrogens is 463 g/mol. The van der Waals surface area contributed by atoms with Gasteiger partial charge in [-0.05, 0) is 54.1 Å². The quantitative estimate of drug-likeness (QED) is 0.210. The van der Waals surface area contributed by atoms with E-state index in [4.69, 9.17) is 25.8 Å². The van der Waals surface area contributed by atoms with Crippen molar-refractivity contribution in [3.05, 3.63) is 76.4 Å². The van der Waals surface area contributed by atoms with Crippen LogP contribution in [0.5, 0.6) is 17.2 Å². The standard InChI is InChI=1S/C22H17ClF3N3O4/c1-31-16-6-4-14(5-7-16)21(30)33-18-8-3-13(9-19(18)32-2)11-28-29-20-17(23)10-15(12-27-20)22(24,25)26/h3-12H,1-2H3,(H,27,29)/b28-11+. The second-order valence-corrected chi connectivity index (χ2v) is 6.86. The maximum atomic E-state index is 12.7. The fourth-order valence-corrected chi connectivity index (χ4v) is 2.79. The van der Waals surface area contributed by atoms with Crippen LogP contribution in [0.4, 0.5) is 19.0 Å². The lowest BCUT2D eigenvalue weighted by Crippen LogP contribution is -2.09. The van der Waals surface area contributed by atoms with Crippen molar-refractivity contribution in [1.29, 1.82) is 0 Å². The van der Waals surface area contributed by atoms with Crippen molar-refractivity contribution >= 4 is 29.6 Å². The van der Waals surface area contributed by atoms with Gasteiger partial charge >= 0.3 is 12.1 Å². The summed E-state index contributed by atoms with van der Waals surface area (Å²) in [6, 6.07) is 11.8. The molecule has 0 radical (unpaired) electrons. The van der Waals surface area contributed by atoms with Crippen LogP contribution in [0.15, 0.2) is 59.8 Å². The van der Waals surface area contributed by atoms with Gasteiger partial charge in [0.1, 0.15) is 5.75 Å². The number of benzene rings is 2. The van der Waals surface area contributed by atoms with Crippen molar-refractivity contribution in [2.24, 2.45) is 5.10 Å². The van der Waals surface area contributed by atoms with Crippen molar-refractivity contribution in [1.82, 2.24) is 4.98 Å². The Kier molecular flexibility index (Phi) is 7.39. The zero-order valence-electron chi connectivity index (χ0n) is 17.3. The van der Waals surface area contributed by atoms with E-state index in [1.165, 1.54) is 26.5 Å². The van der Waals surface area contributed by atoms with Crippen molar-refractivity contribution < 1.29 is 32.2 Å². The Bertz CT molecular complexity index is 1170. The van der Waals surface area contributed by atoms with Crippen LogP contribution in [0, 0.1) is 0 Å². The molecule has 0 atom stereocenters. The number of halogens is 4. The molecule has 2 aromatic carbocycles. The lowest BCUT2D eigenvalue weighted by atomic mass is 10.2. The van der Waals surface area contributed by atoms with E-state index >= 15 is 0 Å². The Hall–Kier alpha value is -3.79. The molecule has 0 spiro atoms. The van der Waals surface area contributed by atoms with Gasteiger partial charge in [0.25, 0.3) is 0 Å². The Morgan fingerprint density at radius 3 is 2.39 bits per heavy atom. The molecule has 0 aliphatic rings. The first-order chi connectivity index (χ1) is 15.7. The molecule has 3 rings (SSSR count). The molecule has 7 nitrogen and oxygen atoms in total. The summed E-state index contributed by atoms with van der Waals surface area (Å²) in [6.07, 6.45) is -2.53. The van der Waals surface area contributed by atoms with Gasteiger partial charge in [0, 0.05) is 6.20 Å². The summed E-state index contributed by atoms with van der Waals surface area (Å²) >= 11 is 5.83. The number of nitrogens with zero attached hydrogens (tertiary/aromatic N) is 2. The SMILES string of the molecule is COc1ccc(C(=O)Oc2ccc(/C=N/Nc3ncc(C(F)(F)F)cc3Cl)cc2OC)cc1. The third-order valence-corrected chi connectivity index (χ3v) is 4.56. The van der Waals surface area contributed by atoms with Gasteiger partial charge in [-0.1, -0.05) is 11.6 Å². The minimum absolute atomic E-state index is 0.0436. The van der Waals surface area contributed by atoms with Crippen LogP contribution in [0.25, 0.3) is 0 Å². The molecule has 0 saturated heterocycles. The third kappa shape index (κ3) is 6.13. The van der Waals surface area contributed by atoms with E-state index < -0.39 is 17.7 Å². The summed E-state index contributed by atoms with van der Waals surface area (Å²) in [6.45, 7) is 0. The second kappa shape index (κ2) is 10.2. The number of carbonyl (C=O) groups is 1. The Morgan fingerprint density at radius 2 is 1.79 bits per heavy atom. The van der Waals surface area contributed by atoms with Crippen LogP contribution >= 0.6 is 11.6 Å². The predicted octanol–water partition coefficient (Wildman–Crippen LogP) is 5.44. The number of anilines is 1. The van der Waals surface area contributed by atoms with Gasteiger partial charge in [0.15, 0.2) is 17.3 Å². The van der Waals surface area contributed by atoms with E-state index in [-0.39, 0.29) is 22.3 Å². The highest BCUT2D eigenvalue weighted by Crippen LogP contribution is 2.32. The second-order valence-electron chi connectivity index (χ2n) is 6.45. The number of pyridine rings is 1. The zero-order chi connectivity index (χ0) is 24.0. The lowest BCUT2D eigenvalue weighted by molar-refractivity contribution is -0.137. The Labute approximate surface area is 191 Å². The average molecular weight is 480 g/mol. The highest BCUT2D eigenvalue weighted by Gasteiger charge is 2.31. The van der Waals surface area contributed by atoms with E-state index in [0.717, 1.165) is 6.07 Å². The predicted molar refractivity (Wildman–Crippen MR) is 116 cm³/mol. The fourth-order valence-electron chi connectivity index (χ4n) is 2.58. The molecule has 0 amide bonds. The molecule has 0 aliphatic carbocycles. The molecule has 0 fully saturated rings. The first-order valence-electron chi connectivity index (χ1n) is 9.27. The maximum absolute atomic E-state index is 12.7. The zero-order valence-corrected chi connectivity index (χ0v) is 18.1. The minimum Gasteiger partial charge on any atom is -0.497 e. The number of hydrogen-bond donors (Lipinski definition) is 1. The van der Waals surface area contributed by atoms with Gasteiger partial charge in [0.05, 0.1) is 36.6 Å². The fraction of sp³-hybridized carbons (Fsp3) is 0.136. The van der Waals surface area contributed by atoms with Crippen molar-refractivity contribution in [2.45, 2.75) is 6.18 Å². The molecule has 172 valence electrons. The number of methoxy groups -OCH3 is 2. The number of aromatic nitrogens is 1. The molecule has 0 aliphatic heterocycles. The number of ether oxygens (including phenoxy) is 3.